The van der Waals surface area contributed by atoms with Crippen LogP contribution in [0, 0.1) is 13.8 Å². The molecule has 1 aliphatic heterocycles. The molecule has 0 radical (unpaired) electrons. The maximum absolute atomic E-state index is 12.5. The second kappa shape index (κ2) is 8.00. The summed E-state index contributed by atoms with van der Waals surface area (Å²) < 4.78 is 0. The van der Waals surface area contributed by atoms with Crippen LogP contribution in [-0.2, 0) is 16.0 Å². The molecule has 1 heterocycles. The van der Waals surface area contributed by atoms with E-state index in [1.165, 1.54) is 16.7 Å². The van der Waals surface area contributed by atoms with Crippen LogP contribution in [0.4, 0.5) is 0 Å². The topological polar surface area (TPSA) is 52.7 Å². The van der Waals surface area contributed by atoms with Crippen molar-refractivity contribution in [3.63, 3.8) is 0 Å². The van der Waals surface area contributed by atoms with Crippen LogP contribution in [0.15, 0.2) is 18.2 Å². The third-order valence-corrected chi connectivity index (χ3v) is 5.14. The average molecular weight is 343 g/mol. The predicted octanol–water partition coefficient (Wildman–Crippen LogP) is 1.66. The molecule has 25 heavy (non-hydrogen) atoms. The van der Waals surface area contributed by atoms with Crippen LogP contribution in [0.25, 0.3) is 0 Å². The molecule has 2 fully saturated rings. The van der Waals surface area contributed by atoms with Gasteiger partial charge in [-0.3, -0.25) is 14.5 Å². The Bertz CT molecular complexity index is 632. The molecular formula is C20H29N3O2. The Morgan fingerprint density at radius 2 is 1.84 bits per heavy atom. The summed E-state index contributed by atoms with van der Waals surface area (Å²) >= 11 is 0. The number of aryl methyl sites for hydroxylation is 3. The molecule has 1 aromatic rings. The molecule has 3 rings (SSSR count). The van der Waals surface area contributed by atoms with Crippen LogP contribution in [0.5, 0.6) is 0 Å². The zero-order valence-electron chi connectivity index (χ0n) is 15.4. The van der Waals surface area contributed by atoms with Gasteiger partial charge in [-0.15, -0.1) is 0 Å². The molecule has 1 N–H and O–H groups in total. The molecule has 0 aromatic heterocycles. The fraction of sp³-hybridized carbons (Fsp3) is 0.600. The number of hydrogen-bond acceptors (Lipinski definition) is 3. The Hall–Kier alpha value is -1.88. The van der Waals surface area contributed by atoms with Gasteiger partial charge in [0.05, 0.1) is 6.54 Å². The molecule has 136 valence electrons. The zero-order valence-corrected chi connectivity index (χ0v) is 15.4. The van der Waals surface area contributed by atoms with E-state index in [1.54, 1.807) is 0 Å². The van der Waals surface area contributed by atoms with E-state index >= 15 is 0 Å². The van der Waals surface area contributed by atoms with Gasteiger partial charge in [-0.1, -0.05) is 23.8 Å². The van der Waals surface area contributed by atoms with Crippen molar-refractivity contribution in [2.45, 2.75) is 45.6 Å². The predicted molar refractivity (Wildman–Crippen MR) is 98.4 cm³/mol. The van der Waals surface area contributed by atoms with Crippen molar-refractivity contribution in [2.24, 2.45) is 0 Å². The molecular weight excluding hydrogens is 314 g/mol. The number of hydrogen-bond donors (Lipinski definition) is 1. The molecule has 5 heteroatoms. The van der Waals surface area contributed by atoms with Gasteiger partial charge in [-0.05, 0) is 44.2 Å². The maximum Gasteiger partial charge on any atom is 0.234 e. The van der Waals surface area contributed by atoms with Crippen LogP contribution in [0.3, 0.4) is 0 Å². The first-order chi connectivity index (χ1) is 12.0. The number of carbonyl (C=O) groups excluding carboxylic acids is 2. The normalized spacial score (nSPS) is 18.2. The van der Waals surface area contributed by atoms with E-state index in [-0.39, 0.29) is 11.8 Å². The second-order valence-corrected chi connectivity index (χ2v) is 7.43. The summed E-state index contributed by atoms with van der Waals surface area (Å²) in [5.74, 6) is 0.346. The van der Waals surface area contributed by atoms with Crippen molar-refractivity contribution in [2.75, 3.05) is 32.7 Å². The quantitative estimate of drug-likeness (QED) is 0.855. The van der Waals surface area contributed by atoms with E-state index in [0.29, 0.717) is 19.0 Å². The maximum atomic E-state index is 12.5. The monoisotopic (exact) mass is 343 g/mol. The highest BCUT2D eigenvalue weighted by Crippen LogP contribution is 2.18. The van der Waals surface area contributed by atoms with Gasteiger partial charge >= 0.3 is 0 Å². The van der Waals surface area contributed by atoms with E-state index in [4.69, 9.17) is 0 Å². The molecule has 2 aliphatic rings. The first-order valence-corrected chi connectivity index (χ1v) is 9.37. The molecule has 1 aliphatic carbocycles. The highest BCUT2D eigenvalue weighted by atomic mass is 16.2. The lowest BCUT2D eigenvalue weighted by molar-refractivity contribution is -0.133. The largest absolute Gasteiger partial charge is 0.352 e. The van der Waals surface area contributed by atoms with Crippen LogP contribution >= 0.6 is 0 Å². The summed E-state index contributed by atoms with van der Waals surface area (Å²) in [6.07, 6.45) is 3.60. The second-order valence-electron chi connectivity index (χ2n) is 7.43. The Morgan fingerprint density at radius 1 is 1.12 bits per heavy atom. The van der Waals surface area contributed by atoms with Gasteiger partial charge in [0.1, 0.15) is 0 Å². The SMILES string of the molecule is Cc1ccc(CCC(=O)N2CCN(CC(=O)NC3CC3)CC2)c(C)c1. The Kier molecular flexibility index (Phi) is 5.74. The molecule has 0 spiro atoms. The lowest BCUT2D eigenvalue weighted by Crippen LogP contribution is -2.51. The number of amides is 2. The van der Waals surface area contributed by atoms with E-state index in [1.807, 2.05) is 4.90 Å². The van der Waals surface area contributed by atoms with Crippen LogP contribution in [0.1, 0.15) is 36.0 Å². The van der Waals surface area contributed by atoms with Gasteiger partial charge in [-0.2, -0.15) is 0 Å². The molecule has 1 saturated heterocycles. The number of nitrogens with zero attached hydrogens (tertiary/aromatic N) is 2. The van der Waals surface area contributed by atoms with Crippen molar-refractivity contribution in [3.05, 3.63) is 34.9 Å². The lowest BCUT2D eigenvalue weighted by atomic mass is 10.0. The van der Waals surface area contributed by atoms with Gasteiger partial charge in [0.15, 0.2) is 0 Å². The van der Waals surface area contributed by atoms with E-state index in [9.17, 15) is 9.59 Å². The Labute approximate surface area is 150 Å². The van der Waals surface area contributed by atoms with Gasteiger partial charge in [-0.25, -0.2) is 0 Å². The van der Waals surface area contributed by atoms with Gasteiger partial charge in [0.25, 0.3) is 0 Å². The third kappa shape index (κ3) is 5.30. The number of benzene rings is 1. The van der Waals surface area contributed by atoms with E-state index < -0.39 is 0 Å². The van der Waals surface area contributed by atoms with Crippen LogP contribution in [-0.4, -0.2) is 60.4 Å². The van der Waals surface area contributed by atoms with Crippen molar-refractivity contribution in [1.82, 2.24) is 15.1 Å². The van der Waals surface area contributed by atoms with Crippen molar-refractivity contribution >= 4 is 11.8 Å². The number of carbonyl (C=O) groups is 2. The molecule has 1 saturated carbocycles. The van der Waals surface area contributed by atoms with Gasteiger partial charge in [0.2, 0.25) is 11.8 Å². The molecule has 0 bridgehead atoms. The summed E-state index contributed by atoms with van der Waals surface area (Å²) in [7, 11) is 0. The van der Waals surface area contributed by atoms with Crippen molar-refractivity contribution < 1.29 is 9.59 Å². The van der Waals surface area contributed by atoms with Crippen molar-refractivity contribution in [3.8, 4) is 0 Å². The number of piperazine rings is 1. The lowest BCUT2D eigenvalue weighted by Gasteiger charge is -2.34. The first-order valence-electron chi connectivity index (χ1n) is 9.37. The summed E-state index contributed by atoms with van der Waals surface area (Å²) in [4.78, 5) is 28.4. The minimum absolute atomic E-state index is 0.122. The summed E-state index contributed by atoms with van der Waals surface area (Å²) in [6, 6.07) is 6.83. The minimum Gasteiger partial charge on any atom is -0.352 e. The highest BCUT2D eigenvalue weighted by molar-refractivity contribution is 5.79. The highest BCUT2D eigenvalue weighted by Gasteiger charge is 2.26. The average Bonchev–Trinajstić information content (AvgIpc) is 3.38. The number of rotatable bonds is 6. The molecule has 1 aromatic carbocycles. The summed E-state index contributed by atoms with van der Waals surface area (Å²) in [6.45, 7) is 7.68. The molecule has 0 unspecified atom stereocenters. The van der Waals surface area contributed by atoms with Crippen molar-refractivity contribution in [1.29, 1.82) is 0 Å². The Balaban J connectivity index is 1.39. The van der Waals surface area contributed by atoms with E-state index in [2.05, 4.69) is 42.3 Å². The third-order valence-electron chi connectivity index (χ3n) is 5.14. The van der Waals surface area contributed by atoms with Crippen LogP contribution < -0.4 is 5.32 Å². The molecule has 5 nitrogen and oxygen atoms in total. The molecule has 2 amide bonds. The first kappa shape index (κ1) is 17.9. The van der Waals surface area contributed by atoms with Crippen LogP contribution in [0.2, 0.25) is 0 Å². The number of nitrogens with one attached hydrogen (secondary N) is 1. The fourth-order valence-electron chi connectivity index (χ4n) is 3.39. The van der Waals surface area contributed by atoms with Gasteiger partial charge < -0.3 is 10.2 Å². The fourth-order valence-corrected chi connectivity index (χ4v) is 3.39. The van der Waals surface area contributed by atoms with Gasteiger partial charge in [0, 0.05) is 38.6 Å². The summed E-state index contributed by atoms with van der Waals surface area (Å²) in [5.41, 5.74) is 3.78. The standard InChI is InChI=1S/C20H29N3O2/c1-15-3-4-17(16(2)13-15)5-8-20(25)23-11-9-22(10-12-23)14-19(24)21-18-6-7-18/h3-4,13,18H,5-12,14H2,1-2H3,(H,21,24). The zero-order chi connectivity index (χ0) is 17.8. The minimum atomic E-state index is 0.122. The summed E-state index contributed by atoms with van der Waals surface area (Å²) in [5, 5.41) is 3.02. The van der Waals surface area contributed by atoms with E-state index in [0.717, 1.165) is 45.4 Å². The smallest absolute Gasteiger partial charge is 0.234 e. The molecule has 0 atom stereocenters. The Morgan fingerprint density at radius 3 is 2.48 bits per heavy atom.